The lowest BCUT2D eigenvalue weighted by atomic mass is 9.98. The smallest absolute Gasteiger partial charge is 0.238 e. The number of hydrogen-bond donors (Lipinski definition) is 2. The van der Waals surface area contributed by atoms with E-state index in [4.69, 9.17) is 0 Å². The van der Waals surface area contributed by atoms with Crippen LogP contribution in [-0.2, 0) is 4.79 Å². The van der Waals surface area contributed by atoms with Crippen LogP contribution in [0.4, 0.5) is 5.69 Å². The van der Waals surface area contributed by atoms with Crippen molar-refractivity contribution in [3.63, 3.8) is 0 Å². The fraction of sp³-hybridized carbons (Fsp3) is 0.562. The Bertz CT molecular complexity index is 445. The molecule has 1 aliphatic rings. The molecule has 4 heteroatoms. The third-order valence-corrected chi connectivity index (χ3v) is 3.88. The van der Waals surface area contributed by atoms with Crippen LogP contribution >= 0.6 is 0 Å². The lowest BCUT2D eigenvalue weighted by Crippen LogP contribution is -2.42. The standard InChI is InChI=1S/C16H25N3O/c1-13-6-3-4-8-15(13)18-16(20)12-19-9-5-7-14(11-19)10-17-2/h3-4,6,8,14,17H,5,7,9-12H2,1-2H3,(H,18,20). The van der Waals surface area contributed by atoms with Crippen LogP contribution in [-0.4, -0.2) is 44.0 Å². The van der Waals surface area contributed by atoms with Crippen molar-refractivity contribution in [2.45, 2.75) is 19.8 Å². The van der Waals surface area contributed by atoms with E-state index in [1.165, 1.54) is 12.8 Å². The second-order valence-electron chi connectivity index (χ2n) is 5.66. The maximum atomic E-state index is 12.1. The average Bonchev–Trinajstić information content (AvgIpc) is 2.42. The Hall–Kier alpha value is -1.39. The normalized spacial score (nSPS) is 19.8. The molecule has 0 bridgehead atoms. The molecule has 1 saturated heterocycles. The summed E-state index contributed by atoms with van der Waals surface area (Å²) in [5, 5.41) is 6.24. The monoisotopic (exact) mass is 275 g/mol. The van der Waals surface area contributed by atoms with Gasteiger partial charge < -0.3 is 10.6 Å². The molecule has 2 N–H and O–H groups in total. The number of carbonyl (C=O) groups is 1. The second-order valence-corrected chi connectivity index (χ2v) is 5.66. The zero-order chi connectivity index (χ0) is 14.4. The molecule has 4 nitrogen and oxygen atoms in total. The molecule has 0 saturated carbocycles. The number of rotatable bonds is 5. The molecule has 0 spiro atoms. The van der Waals surface area contributed by atoms with Crippen LogP contribution in [0.25, 0.3) is 0 Å². The number of likely N-dealkylation sites (tertiary alicyclic amines) is 1. The molecule has 1 aliphatic heterocycles. The van der Waals surface area contributed by atoms with Crippen LogP contribution in [0, 0.1) is 12.8 Å². The highest BCUT2D eigenvalue weighted by Gasteiger charge is 2.21. The molecule has 0 radical (unpaired) electrons. The molecule has 2 rings (SSSR count). The van der Waals surface area contributed by atoms with Gasteiger partial charge in [-0.05, 0) is 57.5 Å². The van der Waals surface area contributed by atoms with Crippen LogP contribution in [0.1, 0.15) is 18.4 Å². The largest absolute Gasteiger partial charge is 0.325 e. The summed E-state index contributed by atoms with van der Waals surface area (Å²) in [6.07, 6.45) is 2.45. The van der Waals surface area contributed by atoms with E-state index in [2.05, 4.69) is 15.5 Å². The van der Waals surface area contributed by atoms with Crippen molar-refractivity contribution in [2.24, 2.45) is 5.92 Å². The van der Waals surface area contributed by atoms with Crippen LogP contribution in [0.2, 0.25) is 0 Å². The fourth-order valence-corrected chi connectivity index (χ4v) is 2.86. The summed E-state index contributed by atoms with van der Waals surface area (Å²) in [5.74, 6) is 0.754. The van der Waals surface area contributed by atoms with Gasteiger partial charge in [0.15, 0.2) is 0 Å². The number of hydrogen-bond acceptors (Lipinski definition) is 3. The molecule has 0 aromatic heterocycles. The van der Waals surface area contributed by atoms with Gasteiger partial charge in [0, 0.05) is 12.2 Å². The van der Waals surface area contributed by atoms with Gasteiger partial charge in [-0.2, -0.15) is 0 Å². The van der Waals surface area contributed by atoms with Crippen LogP contribution < -0.4 is 10.6 Å². The highest BCUT2D eigenvalue weighted by atomic mass is 16.2. The highest BCUT2D eigenvalue weighted by molar-refractivity contribution is 5.92. The molecule has 1 amide bonds. The van der Waals surface area contributed by atoms with Crippen molar-refractivity contribution in [2.75, 3.05) is 38.5 Å². The number of anilines is 1. The number of carbonyl (C=O) groups excluding carboxylic acids is 1. The van der Waals surface area contributed by atoms with Crippen molar-refractivity contribution < 1.29 is 4.79 Å². The fourth-order valence-electron chi connectivity index (χ4n) is 2.86. The van der Waals surface area contributed by atoms with E-state index in [1.807, 2.05) is 38.2 Å². The van der Waals surface area contributed by atoms with Gasteiger partial charge in [0.2, 0.25) is 5.91 Å². The van der Waals surface area contributed by atoms with E-state index in [1.54, 1.807) is 0 Å². The predicted molar refractivity (Wildman–Crippen MR) is 82.9 cm³/mol. The second kappa shape index (κ2) is 7.41. The maximum Gasteiger partial charge on any atom is 0.238 e. The predicted octanol–water partition coefficient (Wildman–Crippen LogP) is 1.86. The summed E-state index contributed by atoms with van der Waals surface area (Å²) in [7, 11) is 1.99. The van der Waals surface area contributed by atoms with E-state index in [0.717, 1.165) is 30.9 Å². The number of amides is 1. The van der Waals surface area contributed by atoms with Gasteiger partial charge in [-0.25, -0.2) is 0 Å². The summed E-state index contributed by atoms with van der Waals surface area (Å²) in [6.45, 7) is 5.59. The minimum Gasteiger partial charge on any atom is -0.325 e. The van der Waals surface area contributed by atoms with E-state index < -0.39 is 0 Å². The van der Waals surface area contributed by atoms with Gasteiger partial charge >= 0.3 is 0 Å². The minimum atomic E-state index is 0.0874. The van der Waals surface area contributed by atoms with Crippen molar-refractivity contribution in [1.29, 1.82) is 0 Å². The summed E-state index contributed by atoms with van der Waals surface area (Å²) < 4.78 is 0. The number of piperidine rings is 1. The first-order valence-corrected chi connectivity index (χ1v) is 7.41. The maximum absolute atomic E-state index is 12.1. The van der Waals surface area contributed by atoms with Gasteiger partial charge in [-0.3, -0.25) is 9.69 Å². The van der Waals surface area contributed by atoms with Crippen molar-refractivity contribution in [1.82, 2.24) is 10.2 Å². The molecule has 0 aliphatic carbocycles. The van der Waals surface area contributed by atoms with E-state index >= 15 is 0 Å². The first-order valence-electron chi connectivity index (χ1n) is 7.41. The molecule has 1 fully saturated rings. The SMILES string of the molecule is CNCC1CCCN(CC(=O)Nc2ccccc2C)C1. The molecule has 1 atom stereocenters. The summed E-state index contributed by atoms with van der Waals surface area (Å²) in [6, 6.07) is 7.90. The number of nitrogens with zero attached hydrogens (tertiary/aromatic N) is 1. The quantitative estimate of drug-likeness (QED) is 0.862. The Morgan fingerprint density at radius 2 is 2.20 bits per heavy atom. The highest BCUT2D eigenvalue weighted by Crippen LogP contribution is 2.16. The van der Waals surface area contributed by atoms with Gasteiger partial charge in [0.05, 0.1) is 6.54 Å². The zero-order valence-corrected chi connectivity index (χ0v) is 12.5. The number of para-hydroxylation sites is 1. The molecule has 1 heterocycles. The first kappa shape index (κ1) is 15.0. The summed E-state index contributed by atoms with van der Waals surface area (Å²) in [4.78, 5) is 14.4. The third kappa shape index (κ3) is 4.32. The van der Waals surface area contributed by atoms with Crippen molar-refractivity contribution >= 4 is 11.6 Å². The molecule has 110 valence electrons. The van der Waals surface area contributed by atoms with E-state index in [9.17, 15) is 4.79 Å². The summed E-state index contributed by atoms with van der Waals surface area (Å²) >= 11 is 0. The van der Waals surface area contributed by atoms with Gasteiger partial charge in [-0.1, -0.05) is 18.2 Å². The third-order valence-electron chi connectivity index (χ3n) is 3.88. The van der Waals surface area contributed by atoms with Gasteiger partial charge in [0.25, 0.3) is 0 Å². The van der Waals surface area contributed by atoms with Crippen LogP contribution in [0.3, 0.4) is 0 Å². The lowest BCUT2D eigenvalue weighted by molar-refractivity contribution is -0.117. The van der Waals surface area contributed by atoms with Crippen molar-refractivity contribution in [3.05, 3.63) is 29.8 Å². The Kier molecular flexibility index (Phi) is 5.56. The van der Waals surface area contributed by atoms with E-state index in [0.29, 0.717) is 12.5 Å². The topological polar surface area (TPSA) is 44.4 Å². The van der Waals surface area contributed by atoms with Crippen LogP contribution in [0.15, 0.2) is 24.3 Å². The lowest BCUT2D eigenvalue weighted by Gasteiger charge is -2.32. The average molecular weight is 275 g/mol. The molecule has 1 aromatic carbocycles. The number of benzene rings is 1. The number of aryl methyl sites for hydroxylation is 1. The molecule has 1 aromatic rings. The van der Waals surface area contributed by atoms with Crippen LogP contribution in [0.5, 0.6) is 0 Å². The molecule has 1 unspecified atom stereocenters. The molecular formula is C16H25N3O. The molecule has 20 heavy (non-hydrogen) atoms. The Morgan fingerprint density at radius 3 is 2.95 bits per heavy atom. The Balaban J connectivity index is 1.84. The van der Waals surface area contributed by atoms with Gasteiger partial charge in [0.1, 0.15) is 0 Å². The summed E-state index contributed by atoms with van der Waals surface area (Å²) in [5.41, 5.74) is 2.02. The minimum absolute atomic E-state index is 0.0874. The Morgan fingerprint density at radius 1 is 1.40 bits per heavy atom. The molecular weight excluding hydrogens is 250 g/mol. The number of nitrogens with one attached hydrogen (secondary N) is 2. The zero-order valence-electron chi connectivity index (χ0n) is 12.5. The first-order chi connectivity index (χ1) is 9.69. The Labute approximate surface area is 121 Å². The van der Waals surface area contributed by atoms with Crippen molar-refractivity contribution in [3.8, 4) is 0 Å². The van der Waals surface area contributed by atoms with E-state index in [-0.39, 0.29) is 5.91 Å². The van der Waals surface area contributed by atoms with Gasteiger partial charge in [-0.15, -0.1) is 0 Å².